The van der Waals surface area contributed by atoms with E-state index in [2.05, 4.69) is 5.32 Å². The number of anilines is 1. The average molecular weight is 258 g/mol. The Hall–Kier alpha value is -2.36. The van der Waals surface area contributed by atoms with Crippen molar-refractivity contribution in [1.29, 1.82) is 0 Å². The van der Waals surface area contributed by atoms with Gasteiger partial charge in [-0.25, -0.2) is 4.39 Å². The fourth-order valence-electron chi connectivity index (χ4n) is 1.75. The Morgan fingerprint density at radius 3 is 2.58 bits per heavy atom. The summed E-state index contributed by atoms with van der Waals surface area (Å²) in [5, 5.41) is 2.78. The lowest BCUT2D eigenvalue weighted by molar-refractivity contribution is 0.0954. The molecule has 0 heterocycles. The molecule has 0 bridgehead atoms. The molecule has 3 nitrogen and oxygen atoms in total. The minimum atomic E-state index is -0.513. The van der Waals surface area contributed by atoms with Crippen LogP contribution < -0.4 is 11.1 Å². The molecule has 3 N–H and O–H groups in total. The molecule has 19 heavy (non-hydrogen) atoms. The van der Waals surface area contributed by atoms with Gasteiger partial charge in [0.1, 0.15) is 5.82 Å². The summed E-state index contributed by atoms with van der Waals surface area (Å²) in [6.07, 6.45) is 0.753. The molecule has 0 radical (unpaired) electrons. The monoisotopic (exact) mass is 258 g/mol. The van der Waals surface area contributed by atoms with Crippen molar-refractivity contribution in [3.8, 4) is 0 Å². The van der Waals surface area contributed by atoms with Crippen LogP contribution in [0.2, 0.25) is 0 Å². The van der Waals surface area contributed by atoms with Gasteiger partial charge in [-0.05, 0) is 30.2 Å². The lowest BCUT2D eigenvalue weighted by Gasteiger charge is -2.06. The molecular formula is C15H15FN2O. The van der Waals surface area contributed by atoms with Crippen molar-refractivity contribution < 1.29 is 9.18 Å². The third-order valence-electron chi connectivity index (χ3n) is 2.80. The second-order valence-corrected chi connectivity index (χ2v) is 4.23. The predicted molar refractivity (Wildman–Crippen MR) is 73.3 cm³/mol. The average Bonchev–Trinajstić information content (AvgIpc) is 2.43. The maximum Gasteiger partial charge on any atom is 0.251 e. The van der Waals surface area contributed by atoms with Gasteiger partial charge in [0, 0.05) is 12.1 Å². The number of rotatable bonds is 4. The fourth-order valence-corrected chi connectivity index (χ4v) is 1.75. The highest BCUT2D eigenvalue weighted by molar-refractivity contribution is 5.95. The van der Waals surface area contributed by atoms with Crippen LogP contribution in [0.1, 0.15) is 15.9 Å². The van der Waals surface area contributed by atoms with Crippen LogP contribution >= 0.6 is 0 Å². The molecule has 4 heteroatoms. The molecule has 0 aromatic heterocycles. The minimum absolute atomic E-state index is 0.0179. The third kappa shape index (κ3) is 3.55. The molecule has 0 fully saturated rings. The highest BCUT2D eigenvalue weighted by Gasteiger charge is 2.07. The van der Waals surface area contributed by atoms with Crippen LogP contribution in [0, 0.1) is 5.82 Å². The Kier molecular flexibility index (Phi) is 4.13. The van der Waals surface area contributed by atoms with E-state index >= 15 is 0 Å². The van der Waals surface area contributed by atoms with Gasteiger partial charge in [0.25, 0.3) is 5.91 Å². The lowest BCUT2D eigenvalue weighted by atomic mass is 10.1. The Bertz CT molecular complexity index is 570. The van der Waals surface area contributed by atoms with Crippen LogP contribution in [0.4, 0.5) is 10.1 Å². The number of hydrogen-bond donors (Lipinski definition) is 2. The van der Waals surface area contributed by atoms with Crippen molar-refractivity contribution in [3.05, 3.63) is 65.5 Å². The van der Waals surface area contributed by atoms with Crippen LogP contribution in [0.5, 0.6) is 0 Å². The molecule has 0 aliphatic heterocycles. The summed E-state index contributed by atoms with van der Waals surface area (Å²) >= 11 is 0. The first-order valence-electron chi connectivity index (χ1n) is 6.04. The molecule has 0 saturated heterocycles. The smallest absolute Gasteiger partial charge is 0.251 e. The van der Waals surface area contributed by atoms with Crippen molar-refractivity contribution in [3.63, 3.8) is 0 Å². The van der Waals surface area contributed by atoms with Gasteiger partial charge in [-0.15, -0.1) is 0 Å². The van der Waals surface area contributed by atoms with E-state index in [0.29, 0.717) is 12.1 Å². The van der Waals surface area contributed by atoms with Crippen molar-refractivity contribution in [2.75, 3.05) is 12.3 Å². The standard InChI is InChI=1S/C15H15FN2O/c16-13-7-6-12(10-14(13)17)15(19)18-9-8-11-4-2-1-3-5-11/h1-7,10H,8-9,17H2,(H,18,19). The second kappa shape index (κ2) is 6.00. The highest BCUT2D eigenvalue weighted by Crippen LogP contribution is 2.12. The number of nitrogen functional groups attached to an aromatic ring is 1. The first-order chi connectivity index (χ1) is 9.16. The number of carbonyl (C=O) groups excluding carboxylic acids is 1. The van der Waals surface area contributed by atoms with Crippen molar-refractivity contribution in [2.45, 2.75) is 6.42 Å². The Labute approximate surface area is 111 Å². The molecule has 0 atom stereocenters. The molecule has 0 aliphatic carbocycles. The van der Waals surface area contributed by atoms with Crippen LogP contribution in [-0.4, -0.2) is 12.5 Å². The predicted octanol–water partition coefficient (Wildman–Crippen LogP) is 2.38. The van der Waals surface area contributed by atoms with Crippen LogP contribution in [-0.2, 0) is 6.42 Å². The molecule has 0 spiro atoms. The number of nitrogens with one attached hydrogen (secondary N) is 1. The fraction of sp³-hybridized carbons (Fsp3) is 0.133. The van der Waals surface area contributed by atoms with Crippen molar-refractivity contribution in [2.24, 2.45) is 0 Å². The lowest BCUT2D eigenvalue weighted by Crippen LogP contribution is -2.25. The molecular weight excluding hydrogens is 243 g/mol. The Morgan fingerprint density at radius 2 is 1.89 bits per heavy atom. The van der Waals surface area contributed by atoms with Gasteiger partial charge in [0.05, 0.1) is 5.69 Å². The van der Waals surface area contributed by atoms with Gasteiger partial charge in [0.2, 0.25) is 0 Å². The van der Waals surface area contributed by atoms with E-state index in [1.54, 1.807) is 0 Å². The first kappa shape index (κ1) is 13.1. The summed E-state index contributed by atoms with van der Waals surface area (Å²) in [6, 6.07) is 13.8. The van der Waals surface area contributed by atoms with Crippen LogP contribution in [0.15, 0.2) is 48.5 Å². The molecule has 2 aromatic rings. The van der Waals surface area contributed by atoms with E-state index < -0.39 is 5.82 Å². The summed E-state index contributed by atoms with van der Waals surface area (Å²) in [4.78, 5) is 11.8. The Balaban J connectivity index is 1.89. The van der Waals surface area contributed by atoms with E-state index in [1.807, 2.05) is 30.3 Å². The summed E-state index contributed by atoms with van der Waals surface area (Å²) in [7, 11) is 0. The maximum atomic E-state index is 13.0. The van der Waals surface area contributed by atoms with Crippen molar-refractivity contribution in [1.82, 2.24) is 5.32 Å². The zero-order valence-electron chi connectivity index (χ0n) is 10.4. The van der Waals surface area contributed by atoms with Crippen molar-refractivity contribution >= 4 is 11.6 Å². The summed E-state index contributed by atoms with van der Waals surface area (Å²) in [6.45, 7) is 0.528. The number of nitrogens with two attached hydrogens (primary N) is 1. The topological polar surface area (TPSA) is 55.1 Å². The normalized spacial score (nSPS) is 10.2. The molecule has 2 rings (SSSR count). The molecule has 2 aromatic carbocycles. The molecule has 0 saturated carbocycles. The number of carbonyl (C=O) groups is 1. The second-order valence-electron chi connectivity index (χ2n) is 4.23. The number of benzene rings is 2. The van der Waals surface area contributed by atoms with E-state index in [4.69, 9.17) is 5.73 Å². The van der Waals surface area contributed by atoms with Gasteiger partial charge in [0.15, 0.2) is 0 Å². The highest BCUT2D eigenvalue weighted by atomic mass is 19.1. The van der Waals surface area contributed by atoms with Crippen LogP contribution in [0.25, 0.3) is 0 Å². The minimum Gasteiger partial charge on any atom is -0.396 e. The van der Waals surface area contributed by atoms with Gasteiger partial charge < -0.3 is 11.1 Å². The molecule has 0 unspecified atom stereocenters. The van der Waals surface area contributed by atoms with E-state index in [-0.39, 0.29) is 11.6 Å². The van der Waals surface area contributed by atoms with E-state index in [1.165, 1.54) is 18.2 Å². The largest absolute Gasteiger partial charge is 0.396 e. The van der Waals surface area contributed by atoms with Gasteiger partial charge >= 0.3 is 0 Å². The summed E-state index contributed by atoms with van der Waals surface area (Å²) < 4.78 is 13.0. The van der Waals surface area contributed by atoms with E-state index in [9.17, 15) is 9.18 Å². The zero-order chi connectivity index (χ0) is 13.7. The first-order valence-corrected chi connectivity index (χ1v) is 6.04. The maximum absolute atomic E-state index is 13.0. The van der Waals surface area contributed by atoms with E-state index in [0.717, 1.165) is 12.0 Å². The summed E-state index contributed by atoms with van der Waals surface area (Å²) in [5.74, 6) is -0.761. The Morgan fingerprint density at radius 1 is 1.16 bits per heavy atom. The number of hydrogen-bond acceptors (Lipinski definition) is 2. The van der Waals surface area contributed by atoms with Gasteiger partial charge in [-0.3, -0.25) is 4.79 Å². The number of halogens is 1. The zero-order valence-corrected chi connectivity index (χ0v) is 10.4. The molecule has 0 aliphatic rings. The third-order valence-corrected chi connectivity index (χ3v) is 2.80. The SMILES string of the molecule is Nc1cc(C(=O)NCCc2ccccc2)ccc1F. The molecule has 98 valence electrons. The van der Waals surface area contributed by atoms with Gasteiger partial charge in [-0.1, -0.05) is 30.3 Å². The number of amides is 1. The van der Waals surface area contributed by atoms with Crippen LogP contribution in [0.3, 0.4) is 0 Å². The van der Waals surface area contributed by atoms with Gasteiger partial charge in [-0.2, -0.15) is 0 Å². The molecule has 1 amide bonds. The quantitative estimate of drug-likeness (QED) is 0.827. The summed E-state index contributed by atoms with van der Waals surface area (Å²) in [5.41, 5.74) is 6.93.